The van der Waals surface area contributed by atoms with E-state index in [0.29, 0.717) is 41.5 Å². The smallest absolute Gasteiger partial charge is 0.333 e. The Morgan fingerprint density at radius 2 is 1.42 bits per heavy atom. The number of amides is 2. The van der Waals surface area contributed by atoms with Crippen LogP contribution in [0.3, 0.4) is 0 Å². The number of rotatable bonds is 6. The molecule has 3 aromatic rings. The lowest BCUT2D eigenvalue weighted by Crippen LogP contribution is -2.55. The van der Waals surface area contributed by atoms with Crippen molar-refractivity contribution < 1.29 is 35.9 Å². The number of piperazine rings is 1. The summed E-state index contributed by atoms with van der Waals surface area (Å²) in [5.74, 6) is -1.15. The van der Waals surface area contributed by atoms with E-state index >= 15 is 0 Å². The largest absolute Gasteiger partial charge is 0.416 e. The van der Waals surface area contributed by atoms with Crippen molar-refractivity contribution in [2.75, 3.05) is 25.0 Å². The molecule has 1 fully saturated rings. The van der Waals surface area contributed by atoms with Crippen LogP contribution in [0.2, 0.25) is 10.0 Å². The summed E-state index contributed by atoms with van der Waals surface area (Å²) < 4.78 is 80.9. The fourth-order valence-corrected chi connectivity index (χ4v) is 5.16. The molecule has 232 valence electrons. The summed E-state index contributed by atoms with van der Waals surface area (Å²) in [6, 6.07) is 12.3. The van der Waals surface area contributed by atoms with Crippen molar-refractivity contribution in [3.63, 3.8) is 0 Å². The molecule has 4 rings (SSSR count). The lowest BCUT2D eigenvalue weighted by atomic mass is 9.98. The lowest BCUT2D eigenvalue weighted by Gasteiger charge is -2.42. The number of nitrogens with one attached hydrogen (secondary N) is 1. The fraction of sp³-hybridized carbons (Fsp3) is 0.310. The van der Waals surface area contributed by atoms with Gasteiger partial charge in [-0.3, -0.25) is 14.5 Å². The van der Waals surface area contributed by atoms with Gasteiger partial charge < -0.3 is 10.2 Å². The molecule has 0 unspecified atom stereocenters. The molecule has 1 saturated heterocycles. The van der Waals surface area contributed by atoms with Crippen LogP contribution >= 0.6 is 35.6 Å². The van der Waals surface area contributed by atoms with Crippen LogP contribution in [-0.4, -0.2) is 47.3 Å². The predicted octanol–water partition coefficient (Wildman–Crippen LogP) is 7.98. The average Bonchev–Trinajstić information content (AvgIpc) is 2.90. The Kier molecular flexibility index (Phi) is 11.0. The van der Waals surface area contributed by atoms with Gasteiger partial charge in [-0.25, -0.2) is 0 Å². The minimum atomic E-state index is -5.08. The number of alkyl halides is 6. The van der Waals surface area contributed by atoms with Gasteiger partial charge in [0.15, 0.2) is 0 Å². The molecule has 0 aliphatic carbocycles. The van der Waals surface area contributed by atoms with Gasteiger partial charge in [0.1, 0.15) is 0 Å². The molecule has 1 aliphatic rings. The minimum absolute atomic E-state index is 0. The van der Waals surface area contributed by atoms with Gasteiger partial charge in [-0.2, -0.15) is 26.3 Å². The van der Waals surface area contributed by atoms with Crippen LogP contribution in [0.5, 0.6) is 0 Å². The van der Waals surface area contributed by atoms with Crippen molar-refractivity contribution in [1.29, 1.82) is 0 Å². The van der Waals surface area contributed by atoms with Crippen LogP contribution in [0.1, 0.15) is 39.5 Å². The maximum atomic E-state index is 13.6. The van der Waals surface area contributed by atoms with E-state index in [1.54, 1.807) is 30.3 Å². The third-order valence-corrected chi connectivity index (χ3v) is 7.54. The Bertz CT molecular complexity index is 1430. The Morgan fingerprint density at radius 1 is 0.837 bits per heavy atom. The Balaban J connectivity index is 0.00000506. The first kappa shape index (κ1) is 34.5. The second-order valence-corrected chi connectivity index (χ2v) is 10.8. The van der Waals surface area contributed by atoms with E-state index in [1.807, 2.05) is 17.0 Å². The van der Waals surface area contributed by atoms with Crippen LogP contribution < -0.4 is 5.32 Å². The highest BCUT2D eigenvalue weighted by molar-refractivity contribution is 6.42. The van der Waals surface area contributed by atoms with Gasteiger partial charge in [-0.05, 0) is 60.0 Å². The summed E-state index contributed by atoms with van der Waals surface area (Å²) in [5, 5.41) is 3.26. The van der Waals surface area contributed by atoms with E-state index < -0.39 is 41.0 Å². The van der Waals surface area contributed by atoms with Crippen molar-refractivity contribution in [2.45, 2.75) is 38.3 Å². The molecule has 1 heterocycles. The summed E-state index contributed by atoms with van der Waals surface area (Å²) in [4.78, 5) is 28.2. The van der Waals surface area contributed by atoms with Crippen molar-refractivity contribution in [3.8, 4) is 0 Å². The fourth-order valence-electron chi connectivity index (χ4n) is 4.84. The van der Waals surface area contributed by atoms with Crippen LogP contribution in [0.25, 0.3) is 0 Å². The number of halogens is 9. The maximum Gasteiger partial charge on any atom is 0.416 e. The van der Waals surface area contributed by atoms with E-state index in [-0.39, 0.29) is 48.9 Å². The lowest BCUT2D eigenvalue weighted by molar-refractivity contribution is -0.143. The molecular formula is C29H26Cl3F6N3O2. The average molecular weight is 669 g/mol. The molecule has 43 heavy (non-hydrogen) atoms. The predicted molar refractivity (Wildman–Crippen MR) is 155 cm³/mol. The second kappa shape index (κ2) is 13.8. The first-order valence-corrected chi connectivity index (χ1v) is 13.5. The molecular weight excluding hydrogens is 643 g/mol. The van der Waals surface area contributed by atoms with Crippen LogP contribution in [0.15, 0.2) is 60.7 Å². The van der Waals surface area contributed by atoms with Gasteiger partial charge in [0.25, 0.3) is 5.91 Å². The third kappa shape index (κ3) is 9.01. The first-order valence-electron chi connectivity index (χ1n) is 12.7. The standard InChI is InChI=1S/C29H25Cl2F6N3O2.ClH/c1-17(41)38-23-5-2-18(3-6-23)15-39-8-9-40(24(16-39)10-19-4-7-25(30)26(31)11-19)27(42)20-12-21(28(32,33)34)14-22(13-20)29(35,36)37;/h2-7,11-14,24H,8-10,15-16H2,1H3,(H,38,41);1H/t24-;/m1./s1. The summed E-state index contributed by atoms with van der Waals surface area (Å²) in [5.41, 5.74) is -1.58. The van der Waals surface area contributed by atoms with Crippen LogP contribution in [0, 0.1) is 0 Å². The summed E-state index contributed by atoms with van der Waals surface area (Å²) in [7, 11) is 0. The maximum absolute atomic E-state index is 13.6. The molecule has 14 heteroatoms. The van der Waals surface area contributed by atoms with Gasteiger partial charge in [-0.15, -0.1) is 12.4 Å². The number of anilines is 1. The summed E-state index contributed by atoms with van der Waals surface area (Å²) >= 11 is 12.2. The molecule has 0 saturated carbocycles. The summed E-state index contributed by atoms with van der Waals surface area (Å²) in [6.07, 6.45) is -9.93. The molecule has 0 bridgehead atoms. The van der Waals surface area contributed by atoms with E-state index in [1.165, 1.54) is 11.8 Å². The molecule has 0 radical (unpaired) electrons. The van der Waals surface area contributed by atoms with Gasteiger partial charge in [0, 0.05) is 50.4 Å². The SMILES string of the molecule is CC(=O)Nc1ccc(CN2CCN(C(=O)c3cc(C(F)(F)F)cc(C(F)(F)F)c3)[C@H](Cc3ccc(Cl)c(Cl)c3)C2)cc1.Cl. The molecule has 0 spiro atoms. The molecule has 2 amide bonds. The van der Waals surface area contributed by atoms with Crippen LogP contribution in [-0.2, 0) is 30.1 Å². The zero-order chi connectivity index (χ0) is 30.8. The summed E-state index contributed by atoms with van der Waals surface area (Å²) in [6.45, 7) is 2.52. The third-order valence-electron chi connectivity index (χ3n) is 6.80. The number of carbonyl (C=O) groups excluding carboxylic acids is 2. The zero-order valence-corrected chi connectivity index (χ0v) is 24.9. The normalized spacial score (nSPS) is 16.0. The number of nitrogens with zero attached hydrogens (tertiary/aromatic N) is 2. The molecule has 5 nitrogen and oxygen atoms in total. The number of benzene rings is 3. The second-order valence-electron chi connectivity index (χ2n) is 10.0. The van der Waals surface area contributed by atoms with Gasteiger partial charge >= 0.3 is 12.4 Å². The minimum Gasteiger partial charge on any atom is -0.333 e. The number of hydrogen-bond acceptors (Lipinski definition) is 3. The Hall–Kier alpha value is -2.99. The van der Waals surface area contributed by atoms with Crippen molar-refractivity contribution >= 4 is 53.1 Å². The van der Waals surface area contributed by atoms with E-state index in [9.17, 15) is 35.9 Å². The topological polar surface area (TPSA) is 52.7 Å². The molecule has 1 atom stereocenters. The van der Waals surface area contributed by atoms with E-state index in [0.717, 1.165) is 5.56 Å². The highest BCUT2D eigenvalue weighted by Gasteiger charge is 2.39. The van der Waals surface area contributed by atoms with E-state index in [2.05, 4.69) is 5.32 Å². The molecule has 1 aliphatic heterocycles. The monoisotopic (exact) mass is 667 g/mol. The quantitative estimate of drug-likeness (QED) is 0.271. The number of carbonyl (C=O) groups is 2. The van der Waals surface area contributed by atoms with Crippen molar-refractivity contribution in [1.82, 2.24) is 9.80 Å². The first-order chi connectivity index (χ1) is 19.6. The zero-order valence-electron chi connectivity index (χ0n) is 22.5. The highest BCUT2D eigenvalue weighted by atomic mass is 35.5. The molecule has 3 aromatic carbocycles. The van der Waals surface area contributed by atoms with Gasteiger partial charge in [0.05, 0.1) is 21.2 Å². The molecule has 0 aromatic heterocycles. The van der Waals surface area contributed by atoms with E-state index in [4.69, 9.17) is 23.2 Å². The van der Waals surface area contributed by atoms with Crippen LogP contribution in [0.4, 0.5) is 32.0 Å². The Labute approximate surface area is 260 Å². The van der Waals surface area contributed by atoms with Gasteiger partial charge in [0.2, 0.25) is 5.91 Å². The van der Waals surface area contributed by atoms with Gasteiger partial charge in [-0.1, -0.05) is 41.4 Å². The van der Waals surface area contributed by atoms with Crippen molar-refractivity contribution in [2.24, 2.45) is 0 Å². The van der Waals surface area contributed by atoms with Crippen molar-refractivity contribution in [3.05, 3.63) is 98.5 Å². The Morgan fingerprint density at radius 3 is 1.95 bits per heavy atom. The molecule has 1 N–H and O–H groups in total. The number of hydrogen-bond donors (Lipinski definition) is 1. The highest BCUT2D eigenvalue weighted by Crippen LogP contribution is 2.37.